The average molecular weight is 234 g/mol. The third kappa shape index (κ3) is 2.72. The quantitative estimate of drug-likeness (QED) is 0.797. The maximum atomic E-state index is 5.41. The van der Waals surface area contributed by atoms with Gasteiger partial charge >= 0.3 is 0 Å². The molecule has 3 heteroatoms. The summed E-state index contributed by atoms with van der Waals surface area (Å²) in [5.41, 5.74) is 0. The Morgan fingerprint density at radius 3 is 3.06 bits per heavy atom. The number of fused-ring (bicyclic) bond motifs is 1. The minimum atomic E-state index is 0.828. The van der Waals surface area contributed by atoms with Gasteiger partial charge in [0.2, 0.25) is 0 Å². The van der Waals surface area contributed by atoms with E-state index in [4.69, 9.17) is 4.42 Å². The van der Waals surface area contributed by atoms with Crippen LogP contribution in [-0.2, 0) is 6.42 Å². The number of hydrogen-bond acceptors (Lipinski definition) is 3. The highest BCUT2D eigenvalue weighted by Crippen LogP contribution is 2.21. The zero-order chi connectivity index (χ0) is 11.5. The lowest BCUT2D eigenvalue weighted by molar-refractivity contribution is 0.219. The summed E-state index contributed by atoms with van der Waals surface area (Å²) in [5.74, 6) is 1.12. The van der Waals surface area contributed by atoms with Crippen molar-refractivity contribution >= 4 is 0 Å². The molecule has 0 N–H and O–H groups in total. The largest absolute Gasteiger partial charge is 0.469 e. The molecule has 0 aromatic carbocycles. The second kappa shape index (κ2) is 5.23. The van der Waals surface area contributed by atoms with Gasteiger partial charge in [0.15, 0.2) is 0 Å². The van der Waals surface area contributed by atoms with E-state index in [9.17, 15) is 0 Å². The second-order valence-electron chi connectivity index (χ2n) is 5.32. The van der Waals surface area contributed by atoms with Gasteiger partial charge in [-0.1, -0.05) is 0 Å². The minimum Gasteiger partial charge on any atom is -0.469 e. The van der Waals surface area contributed by atoms with Gasteiger partial charge in [0.25, 0.3) is 0 Å². The first-order valence-corrected chi connectivity index (χ1v) is 6.90. The van der Waals surface area contributed by atoms with E-state index in [1.807, 2.05) is 6.07 Å². The molecule has 3 heterocycles. The Kier molecular flexibility index (Phi) is 3.48. The van der Waals surface area contributed by atoms with Crippen LogP contribution in [0.15, 0.2) is 22.8 Å². The van der Waals surface area contributed by atoms with Crippen molar-refractivity contribution < 1.29 is 4.42 Å². The fourth-order valence-electron chi connectivity index (χ4n) is 3.21. The summed E-state index contributed by atoms with van der Waals surface area (Å²) in [5, 5.41) is 0. The van der Waals surface area contributed by atoms with Gasteiger partial charge in [-0.3, -0.25) is 4.90 Å². The number of nitrogens with zero attached hydrogens (tertiary/aromatic N) is 2. The van der Waals surface area contributed by atoms with Gasteiger partial charge in [0.05, 0.1) is 6.26 Å². The van der Waals surface area contributed by atoms with Gasteiger partial charge in [0.1, 0.15) is 5.76 Å². The standard InChI is InChI=1S/C14H22N2O/c1-4-13-12-15(7-3-9-16(13)8-1)10-6-14-5-2-11-17-14/h2,5,11,13H,1,3-4,6-10,12H2. The predicted molar refractivity (Wildman–Crippen MR) is 68.1 cm³/mol. The van der Waals surface area contributed by atoms with Gasteiger partial charge in [-0.25, -0.2) is 0 Å². The third-order valence-electron chi connectivity index (χ3n) is 4.14. The smallest absolute Gasteiger partial charge is 0.105 e. The molecule has 0 aliphatic carbocycles. The molecular weight excluding hydrogens is 212 g/mol. The lowest BCUT2D eigenvalue weighted by Gasteiger charge is -2.25. The highest BCUT2D eigenvalue weighted by molar-refractivity contribution is 4.98. The Morgan fingerprint density at radius 2 is 2.18 bits per heavy atom. The Labute approximate surface area is 103 Å². The van der Waals surface area contributed by atoms with E-state index in [0.29, 0.717) is 0 Å². The molecule has 0 spiro atoms. The predicted octanol–water partition coefficient (Wildman–Crippen LogP) is 1.99. The van der Waals surface area contributed by atoms with Gasteiger partial charge in [0, 0.05) is 25.6 Å². The molecule has 1 aromatic rings. The van der Waals surface area contributed by atoms with Crippen LogP contribution in [0.5, 0.6) is 0 Å². The van der Waals surface area contributed by atoms with E-state index < -0.39 is 0 Å². The minimum absolute atomic E-state index is 0.828. The van der Waals surface area contributed by atoms with Crippen LogP contribution in [0, 0.1) is 0 Å². The molecule has 2 aliphatic rings. The van der Waals surface area contributed by atoms with Crippen LogP contribution in [0.25, 0.3) is 0 Å². The van der Waals surface area contributed by atoms with Crippen molar-refractivity contribution in [3.05, 3.63) is 24.2 Å². The van der Waals surface area contributed by atoms with Crippen molar-refractivity contribution in [3.63, 3.8) is 0 Å². The van der Waals surface area contributed by atoms with Gasteiger partial charge < -0.3 is 9.32 Å². The Morgan fingerprint density at radius 1 is 1.24 bits per heavy atom. The molecule has 2 aliphatic heterocycles. The molecule has 0 amide bonds. The maximum absolute atomic E-state index is 5.41. The molecule has 2 fully saturated rings. The molecule has 1 atom stereocenters. The summed E-state index contributed by atoms with van der Waals surface area (Å²) in [6.07, 6.45) is 6.96. The third-order valence-corrected chi connectivity index (χ3v) is 4.14. The maximum Gasteiger partial charge on any atom is 0.105 e. The molecule has 1 aromatic heterocycles. The van der Waals surface area contributed by atoms with Crippen LogP contribution >= 0.6 is 0 Å². The Balaban J connectivity index is 1.52. The molecule has 2 saturated heterocycles. The van der Waals surface area contributed by atoms with Gasteiger partial charge in [-0.05, 0) is 51.0 Å². The van der Waals surface area contributed by atoms with E-state index >= 15 is 0 Å². The van der Waals surface area contributed by atoms with Crippen LogP contribution in [0.1, 0.15) is 25.0 Å². The monoisotopic (exact) mass is 234 g/mol. The lowest BCUT2D eigenvalue weighted by atomic mass is 10.2. The van der Waals surface area contributed by atoms with E-state index in [1.54, 1.807) is 6.26 Å². The molecule has 94 valence electrons. The zero-order valence-corrected chi connectivity index (χ0v) is 10.5. The molecule has 3 rings (SSSR count). The average Bonchev–Trinajstić information content (AvgIpc) is 2.95. The Hall–Kier alpha value is -0.800. The van der Waals surface area contributed by atoms with Gasteiger partial charge in [-0.15, -0.1) is 0 Å². The normalized spacial score (nSPS) is 26.9. The summed E-state index contributed by atoms with van der Waals surface area (Å²) in [4.78, 5) is 5.31. The first kappa shape index (κ1) is 11.3. The number of hydrogen-bond donors (Lipinski definition) is 0. The van der Waals surface area contributed by atoms with Crippen LogP contribution in [0.2, 0.25) is 0 Å². The summed E-state index contributed by atoms with van der Waals surface area (Å²) >= 11 is 0. The van der Waals surface area contributed by atoms with Crippen molar-refractivity contribution in [1.29, 1.82) is 0 Å². The van der Waals surface area contributed by atoms with Crippen molar-refractivity contribution in [3.8, 4) is 0 Å². The van der Waals surface area contributed by atoms with Crippen LogP contribution in [0.3, 0.4) is 0 Å². The topological polar surface area (TPSA) is 19.6 Å². The van der Waals surface area contributed by atoms with E-state index in [2.05, 4.69) is 15.9 Å². The first-order chi connectivity index (χ1) is 8.42. The molecule has 3 nitrogen and oxygen atoms in total. The highest BCUT2D eigenvalue weighted by atomic mass is 16.3. The SMILES string of the molecule is c1coc(CCN2CCCN3CCCC3C2)c1. The number of furan rings is 1. The number of rotatable bonds is 3. The van der Waals surface area contributed by atoms with Crippen molar-refractivity contribution in [2.75, 3.05) is 32.7 Å². The van der Waals surface area contributed by atoms with E-state index in [1.165, 1.54) is 45.4 Å². The molecule has 17 heavy (non-hydrogen) atoms. The lowest BCUT2D eigenvalue weighted by Crippen LogP contribution is -2.37. The summed E-state index contributed by atoms with van der Waals surface area (Å²) in [6.45, 7) is 6.31. The molecular formula is C14H22N2O. The molecule has 0 saturated carbocycles. The van der Waals surface area contributed by atoms with Crippen LogP contribution in [-0.4, -0.2) is 48.6 Å². The van der Waals surface area contributed by atoms with Gasteiger partial charge in [-0.2, -0.15) is 0 Å². The van der Waals surface area contributed by atoms with Crippen molar-refractivity contribution in [2.24, 2.45) is 0 Å². The fourth-order valence-corrected chi connectivity index (χ4v) is 3.21. The summed E-state index contributed by atoms with van der Waals surface area (Å²) in [6, 6.07) is 4.89. The fraction of sp³-hybridized carbons (Fsp3) is 0.714. The first-order valence-electron chi connectivity index (χ1n) is 6.90. The van der Waals surface area contributed by atoms with Crippen molar-refractivity contribution in [1.82, 2.24) is 9.80 Å². The highest BCUT2D eigenvalue weighted by Gasteiger charge is 2.28. The summed E-state index contributed by atoms with van der Waals surface area (Å²) in [7, 11) is 0. The Bertz CT molecular complexity index is 336. The van der Waals surface area contributed by atoms with E-state index in [0.717, 1.165) is 24.8 Å². The van der Waals surface area contributed by atoms with E-state index in [-0.39, 0.29) is 0 Å². The molecule has 0 radical (unpaired) electrons. The molecule has 1 unspecified atom stereocenters. The second-order valence-corrected chi connectivity index (χ2v) is 5.32. The molecule has 0 bridgehead atoms. The summed E-state index contributed by atoms with van der Waals surface area (Å²) < 4.78 is 5.41. The van der Waals surface area contributed by atoms with Crippen molar-refractivity contribution in [2.45, 2.75) is 31.7 Å². The van der Waals surface area contributed by atoms with Crippen LogP contribution in [0.4, 0.5) is 0 Å². The van der Waals surface area contributed by atoms with Crippen LogP contribution < -0.4 is 0 Å². The zero-order valence-electron chi connectivity index (χ0n) is 10.5.